The largest absolute Gasteiger partial charge is 0.283 e. The van der Waals surface area contributed by atoms with E-state index >= 15 is 0 Å². The van der Waals surface area contributed by atoms with E-state index in [1.54, 1.807) is 24.3 Å². The summed E-state index contributed by atoms with van der Waals surface area (Å²) >= 11 is 0. The number of rotatable bonds is 2. The Hall–Kier alpha value is -1.92. The van der Waals surface area contributed by atoms with Gasteiger partial charge in [-0.3, -0.25) is 5.73 Å². The molecule has 1 heterocycles. The van der Waals surface area contributed by atoms with Crippen molar-refractivity contribution in [2.24, 2.45) is 5.14 Å². The fraction of sp³-hybridized carbons (Fsp3) is 0. The summed E-state index contributed by atoms with van der Waals surface area (Å²) in [5, 5.41) is 5.14. The minimum atomic E-state index is -3.77. The molecule has 17 heavy (non-hydrogen) atoms. The van der Waals surface area contributed by atoms with Gasteiger partial charge in [0.15, 0.2) is 0 Å². The molecular formula is C11H10N3O2S. The summed E-state index contributed by atoms with van der Waals surface area (Å²) in [6.07, 6.45) is 1.45. The summed E-state index contributed by atoms with van der Waals surface area (Å²) in [6.45, 7) is 0. The van der Waals surface area contributed by atoms with Gasteiger partial charge in [-0.2, -0.15) is 0 Å². The number of hydrogen-bond donors (Lipinski definition) is 1. The highest BCUT2D eigenvalue weighted by atomic mass is 32.2. The summed E-state index contributed by atoms with van der Waals surface area (Å²) in [7, 11) is -3.77. The molecule has 0 bridgehead atoms. The fourth-order valence-electron chi connectivity index (χ4n) is 1.51. The Morgan fingerprint density at radius 3 is 2.41 bits per heavy atom. The molecule has 3 N–H and O–H groups in total. The summed E-state index contributed by atoms with van der Waals surface area (Å²) in [5.41, 5.74) is 8.38. The summed E-state index contributed by atoms with van der Waals surface area (Å²) in [4.78, 5) is 3.86. The van der Waals surface area contributed by atoms with Gasteiger partial charge in [-0.05, 0) is 18.2 Å². The smallest absolute Gasteiger partial charge is 0.238 e. The van der Waals surface area contributed by atoms with Gasteiger partial charge in [-0.25, -0.2) is 18.5 Å². The average molecular weight is 248 g/mol. The normalized spacial score (nSPS) is 11.4. The van der Waals surface area contributed by atoms with Crippen LogP contribution < -0.4 is 10.9 Å². The second-order valence-electron chi connectivity index (χ2n) is 3.47. The molecule has 1 radical (unpaired) electrons. The molecule has 0 atom stereocenters. The predicted octanol–water partition coefficient (Wildman–Crippen LogP) is 1.31. The number of nitrogens with one attached hydrogen (secondary N) is 1. The molecule has 5 nitrogen and oxygen atoms in total. The minimum Gasteiger partial charge on any atom is -0.283 e. The Kier molecular flexibility index (Phi) is 2.83. The zero-order chi connectivity index (χ0) is 12.5. The molecule has 0 spiro atoms. The van der Waals surface area contributed by atoms with Crippen molar-refractivity contribution < 1.29 is 8.42 Å². The van der Waals surface area contributed by atoms with E-state index in [9.17, 15) is 8.42 Å². The standard InChI is InChI=1S/C11H10N3O2S/c12-11-6-5-8(7-14-11)9-3-1-2-4-10(9)17(13,15)16/h1-7,12H,(H2,13,15,16). The highest BCUT2D eigenvalue weighted by Crippen LogP contribution is 2.26. The van der Waals surface area contributed by atoms with Crippen LogP contribution in [0.1, 0.15) is 0 Å². The summed E-state index contributed by atoms with van der Waals surface area (Å²) in [5.74, 6) is 0.127. The third kappa shape index (κ3) is 2.43. The number of sulfonamides is 1. The van der Waals surface area contributed by atoms with Crippen LogP contribution in [0.2, 0.25) is 0 Å². The van der Waals surface area contributed by atoms with Gasteiger partial charge in [0, 0.05) is 17.3 Å². The number of aromatic nitrogens is 1. The number of hydrogen-bond acceptors (Lipinski definition) is 3. The van der Waals surface area contributed by atoms with Crippen LogP contribution in [0.3, 0.4) is 0 Å². The van der Waals surface area contributed by atoms with Crippen LogP contribution in [-0.2, 0) is 10.0 Å². The van der Waals surface area contributed by atoms with Crippen molar-refractivity contribution in [3.05, 3.63) is 42.6 Å². The van der Waals surface area contributed by atoms with E-state index in [4.69, 9.17) is 10.9 Å². The molecule has 0 aliphatic carbocycles. The Bertz CT molecular complexity index is 636. The highest BCUT2D eigenvalue weighted by molar-refractivity contribution is 7.89. The van der Waals surface area contributed by atoms with Gasteiger partial charge in [0.05, 0.1) is 4.90 Å². The van der Waals surface area contributed by atoms with Crippen LogP contribution in [0, 0.1) is 0 Å². The second-order valence-corrected chi connectivity index (χ2v) is 5.00. The van der Waals surface area contributed by atoms with Crippen molar-refractivity contribution in [2.75, 3.05) is 0 Å². The first kappa shape index (κ1) is 11.6. The van der Waals surface area contributed by atoms with Crippen LogP contribution in [0.25, 0.3) is 11.1 Å². The lowest BCUT2D eigenvalue weighted by Gasteiger charge is -2.07. The van der Waals surface area contributed by atoms with Crippen molar-refractivity contribution in [3.8, 4) is 11.1 Å². The third-order valence-corrected chi connectivity index (χ3v) is 3.24. The van der Waals surface area contributed by atoms with Gasteiger partial charge >= 0.3 is 0 Å². The quantitative estimate of drug-likeness (QED) is 0.867. The highest BCUT2D eigenvalue weighted by Gasteiger charge is 2.14. The van der Waals surface area contributed by atoms with Crippen molar-refractivity contribution in [1.29, 1.82) is 0 Å². The van der Waals surface area contributed by atoms with Crippen molar-refractivity contribution in [2.45, 2.75) is 4.90 Å². The molecule has 0 unspecified atom stereocenters. The zero-order valence-electron chi connectivity index (χ0n) is 8.79. The molecule has 6 heteroatoms. The van der Waals surface area contributed by atoms with E-state index in [2.05, 4.69) is 4.98 Å². The number of primary sulfonamides is 1. The maximum absolute atomic E-state index is 11.4. The number of nitrogens with zero attached hydrogens (tertiary/aromatic N) is 1. The van der Waals surface area contributed by atoms with E-state index < -0.39 is 10.0 Å². The van der Waals surface area contributed by atoms with Crippen LogP contribution in [0.4, 0.5) is 5.82 Å². The fourth-order valence-corrected chi connectivity index (χ4v) is 2.27. The average Bonchev–Trinajstić information content (AvgIpc) is 2.29. The number of pyridine rings is 1. The molecule has 0 amide bonds. The van der Waals surface area contributed by atoms with Crippen LogP contribution in [0.15, 0.2) is 47.5 Å². The Balaban J connectivity index is 2.64. The van der Waals surface area contributed by atoms with E-state index in [0.29, 0.717) is 11.1 Å². The third-order valence-electron chi connectivity index (χ3n) is 2.27. The molecule has 0 aliphatic heterocycles. The Morgan fingerprint density at radius 1 is 1.12 bits per heavy atom. The molecule has 1 aromatic carbocycles. The summed E-state index contributed by atoms with van der Waals surface area (Å²) < 4.78 is 22.8. The van der Waals surface area contributed by atoms with E-state index in [0.717, 1.165) is 0 Å². The predicted molar refractivity (Wildman–Crippen MR) is 63.8 cm³/mol. The van der Waals surface area contributed by atoms with Gasteiger partial charge in [-0.15, -0.1) is 0 Å². The molecular weight excluding hydrogens is 238 g/mol. The number of benzene rings is 1. The van der Waals surface area contributed by atoms with Crippen LogP contribution in [-0.4, -0.2) is 13.4 Å². The molecule has 0 saturated carbocycles. The maximum atomic E-state index is 11.4. The van der Waals surface area contributed by atoms with Crippen molar-refractivity contribution in [1.82, 2.24) is 10.7 Å². The SMILES string of the molecule is [NH]c1ccc(-c2ccccc2S(N)(=O)=O)cn1. The van der Waals surface area contributed by atoms with Gasteiger partial charge in [0.25, 0.3) is 0 Å². The van der Waals surface area contributed by atoms with E-state index in [1.807, 2.05) is 0 Å². The lowest BCUT2D eigenvalue weighted by molar-refractivity contribution is 0.598. The monoisotopic (exact) mass is 248 g/mol. The Labute approximate surface area is 99.1 Å². The first-order valence-corrected chi connectivity index (χ1v) is 6.33. The molecule has 0 fully saturated rings. The van der Waals surface area contributed by atoms with E-state index in [-0.39, 0.29) is 10.7 Å². The van der Waals surface area contributed by atoms with E-state index in [1.165, 1.54) is 18.3 Å². The van der Waals surface area contributed by atoms with Gasteiger partial charge in [0.2, 0.25) is 10.0 Å². The lowest BCUT2D eigenvalue weighted by Crippen LogP contribution is -2.13. The molecule has 0 saturated heterocycles. The molecule has 1 aromatic heterocycles. The molecule has 0 aliphatic rings. The molecule has 2 aromatic rings. The van der Waals surface area contributed by atoms with Gasteiger partial charge < -0.3 is 0 Å². The topological polar surface area (TPSA) is 96.9 Å². The Morgan fingerprint density at radius 2 is 1.82 bits per heavy atom. The molecule has 2 rings (SSSR count). The lowest BCUT2D eigenvalue weighted by atomic mass is 10.1. The van der Waals surface area contributed by atoms with Crippen molar-refractivity contribution >= 4 is 15.8 Å². The summed E-state index contributed by atoms with van der Waals surface area (Å²) in [6, 6.07) is 9.56. The molecule has 87 valence electrons. The maximum Gasteiger partial charge on any atom is 0.238 e. The van der Waals surface area contributed by atoms with Crippen molar-refractivity contribution in [3.63, 3.8) is 0 Å². The van der Waals surface area contributed by atoms with Crippen LogP contribution in [0.5, 0.6) is 0 Å². The van der Waals surface area contributed by atoms with Gasteiger partial charge in [0.1, 0.15) is 5.82 Å². The van der Waals surface area contributed by atoms with Crippen LogP contribution >= 0.6 is 0 Å². The zero-order valence-corrected chi connectivity index (χ0v) is 9.61. The number of nitrogens with two attached hydrogens (primary N) is 1. The first-order valence-electron chi connectivity index (χ1n) is 4.78. The second kappa shape index (κ2) is 4.15. The minimum absolute atomic E-state index is 0.0551. The first-order chi connectivity index (χ1) is 7.98. The van der Waals surface area contributed by atoms with Gasteiger partial charge in [-0.1, -0.05) is 18.2 Å².